The van der Waals surface area contributed by atoms with Crippen LogP contribution in [0.25, 0.3) is 11.0 Å². The van der Waals surface area contributed by atoms with Gasteiger partial charge in [-0.25, -0.2) is 9.37 Å². The van der Waals surface area contributed by atoms with Crippen molar-refractivity contribution in [1.82, 2.24) is 14.9 Å². The monoisotopic (exact) mass is 315 g/mol. The van der Waals surface area contributed by atoms with E-state index in [9.17, 15) is 9.65 Å². The van der Waals surface area contributed by atoms with Gasteiger partial charge in [0.15, 0.2) is 0 Å². The summed E-state index contributed by atoms with van der Waals surface area (Å²) in [6.45, 7) is 7.64. The van der Waals surface area contributed by atoms with E-state index in [0.29, 0.717) is 17.1 Å². The minimum atomic E-state index is -0.463. The van der Waals surface area contributed by atoms with Crippen molar-refractivity contribution in [3.63, 3.8) is 0 Å². The number of nitrogens with zero attached hydrogens (tertiary/aromatic N) is 4. The average Bonchev–Trinajstić information content (AvgIpc) is 3.12. The molecule has 3 rings (SSSR count). The molecule has 1 aromatic carbocycles. The van der Waals surface area contributed by atoms with Gasteiger partial charge in [-0.05, 0) is 45.9 Å². The number of halogens is 1. The molecule has 0 amide bonds. The van der Waals surface area contributed by atoms with Gasteiger partial charge in [0.25, 0.3) is 0 Å². The topological polar surface area (TPSA) is 56.9 Å². The maximum atomic E-state index is 14.3. The molecule has 122 valence electrons. The molecule has 1 aromatic heterocycles. The Bertz CT molecular complexity index is 787. The number of likely N-dealkylation sites (N-methyl/N-ethyl adjacent to an activating group) is 1. The molecule has 2 heterocycles. The van der Waals surface area contributed by atoms with Crippen LogP contribution < -0.4 is 10.2 Å². The first-order valence-electron chi connectivity index (χ1n) is 8.01. The molecular weight excluding hydrogens is 293 g/mol. The zero-order valence-corrected chi connectivity index (χ0v) is 14.0. The number of hydrogen-bond donors (Lipinski definition) is 1. The molecule has 0 saturated carbocycles. The number of nitriles is 1. The second kappa shape index (κ2) is 5.82. The van der Waals surface area contributed by atoms with Gasteiger partial charge >= 0.3 is 0 Å². The van der Waals surface area contributed by atoms with E-state index in [0.717, 1.165) is 31.0 Å². The van der Waals surface area contributed by atoms with E-state index in [1.54, 1.807) is 13.0 Å². The number of imidazole rings is 1. The standard InChI is InChI=1S/C17H22FN5/c1-10(2)23-14-7-11(3)15(18)13(8-19)16(14)21-17(23)22-6-5-12(9-22)20-4/h7,10,12,20H,5-6,9H2,1-4H3/t12-/m1/s1. The highest BCUT2D eigenvalue weighted by atomic mass is 19.1. The number of nitrogens with one attached hydrogen (secondary N) is 1. The third-order valence-corrected chi connectivity index (χ3v) is 4.59. The summed E-state index contributed by atoms with van der Waals surface area (Å²) in [5, 5.41) is 12.7. The summed E-state index contributed by atoms with van der Waals surface area (Å²) in [5.41, 5.74) is 1.83. The largest absolute Gasteiger partial charge is 0.341 e. The van der Waals surface area contributed by atoms with Gasteiger partial charge < -0.3 is 14.8 Å². The molecule has 1 saturated heterocycles. The molecule has 0 spiro atoms. The molecular formula is C17H22FN5. The smallest absolute Gasteiger partial charge is 0.206 e. The molecule has 0 bridgehead atoms. The molecule has 0 aliphatic carbocycles. The zero-order chi connectivity index (χ0) is 16.7. The van der Waals surface area contributed by atoms with Gasteiger partial charge in [0.2, 0.25) is 5.95 Å². The molecule has 1 N–H and O–H groups in total. The van der Waals surface area contributed by atoms with Gasteiger partial charge in [-0.15, -0.1) is 0 Å². The van der Waals surface area contributed by atoms with Crippen LogP contribution in [0.3, 0.4) is 0 Å². The van der Waals surface area contributed by atoms with Gasteiger partial charge in [0.1, 0.15) is 23.0 Å². The van der Waals surface area contributed by atoms with Crippen LogP contribution in [0.15, 0.2) is 6.07 Å². The lowest BCUT2D eigenvalue weighted by atomic mass is 10.1. The van der Waals surface area contributed by atoms with E-state index >= 15 is 0 Å². The zero-order valence-electron chi connectivity index (χ0n) is 14.0. The van der Waals surface area contributed by atoms with Crippen molar-refractivity contribution in [2.75, 3.05) is 25.0 Å². The van der Waals surface area contributed by atoms with Gasteiger partial charge in [0, 0.05) is 25.2 Å². The number of fused-ring (bicyclic) bond motifs is 1. The predicted molar refractivity (Wildman–Crippen MR) is 89.2 cm³/mol. The molecule has 0 radical (unpaired) electrons. The summed E-state index contributed by atoms with van der Waals surface area (Å²) < 4.78 is 16.4. The van der Waals surface area contributed by atoms with Crippen LogP contribution in [0.5, 0.6) is 0 Å². The molecule has 2 aromatic rings. The van der Waals surface area contributed by atoms with E-state index in [1.807, 2.05) is 13.1 Å². The highest BCUT2D eigenvalue weighted by Crippen LogP contribution is 2.32. The molecule has 6 heteroatoms. The lowest BCUT2D eigenvalue weighted by Crippen LogP contribution is -2.31. The molecule has 1 fully saturated rings. The lowest BCUT2D eigenvalue weighted by Gasteiger charge is -2.21. The summed E-state index contributed by atoms with van der Waals surface area (Å²) in [5.74, 6) is 0.365. The number of benzene rings is 1. The maximum absolute atomic E-state index is 14.3. The van der Waals surface area contributed by atoms with Gasteiger partial charge in [0.05, 0.1) is 5.52 Å². The first kappa shape index (κ1) is 15.8. The van der Waals surface area contributed by atoms with Crippen LogP contribution in [0.2, 0.25) is 0 Å². The van der Waals surface area contributed by atoms with Gasteiger partial charge in [-0.3, -0.25) is 0 Å². The van der Waals surface area contributed by atoms with Crippen LogP contribution >= 0.6 is 0 Å². The Hall–Kier alpha value is -2.13. The Labute approximate surface area is 135 Å². The third kappa shape index (κ3) is 2.45. The summed E-state index contributed by atoms with van der Waals surface area (Å²) in [7, 11) is 1.96. The second-order valence-electron chi connectivity index (χ2n) is 6.46. The third-order valence-electron chi connectivity index (χ3n) is 4.59. The van der Waals surface area contributed by atoms with E-state index in [1.165, 1.54) is 0 Å². The predicted octanol–water partition coefficient (Wildman–Crippen LogP) is 2.73. The minimum Gasteiger partial charge on any atom is -0.341 e. The highest BCUT2D eigenvalue weighted by Gasteiger charge is 2.28. The fourth-order valence-electron chi connectivity index (χ4n) is 3.34. The van der Waals surface area contributed by atoms with Crippen molar-refractivity contribution in [3.05, 3.63) is 23.0 Å². The van der Waals surface area contributed by atoms with Gasteiger partial charge in [-0.1, -0.05) is 0 Å². The van der Waals surface area contributed by atoms with E-state index in [-0.39, 0.29) is 11.6 Å². The van der Waals surface area contributed by atoms with Crippen LogP contribution in [-0.4, -0.2) is 35.7 Å². The van der Waals surface area contributed by atoms with Crippen molar-refractivity contribution >= 4 is 17.0 Å². The van der Waals surface area contributed by atoms with E-state index in [4.69, 9.17) is 0 Å². The number of anilines is 1. The van der Waals surface area contributed by atoms with Crippen LogP contribution in [0.1, 0.15) is 37.4 Å². The van der Waals surface area contributed by atoms with Crippen molar-refractivity contribution in [3.8, 4) is 6.07 Å². The van der Waals surface area contributed by atoms with Crippen LogP contribution in [0.4, 0.5) is 10.3 Å². The molecule has 0 unspecified atom stereocenters. The van der Waals surface area contributed by atoms with Crippen molar-refractivity contribution < 1.29 is 4.39 Å². The Morgan fingerprint density at radius 2 is 2.22 bits per heavy atom. The lowest BCUT2D eigenvalue weighted by molar-refractivity contribution is 0.597. The summed E-state index contributed by atoms with van der Waals surface area (Å²) in [6.07, 6.45) is 1.05. The molecule has 5 nitrogen and oxygen atoms in total. The molecule has 1 atom stereocenters. The number of rotatable bonds is 3. The average molecular weight is 315 g/mol. The first-order valence-corrected chi connectivity index (χ1v) is 8.01. The Morgan fingerprint density at radius 1 is 1.48 bits per heavy atom. The quantitative estimate of drug-likeness (QED) is 0.946. The van der Waals surface area contributed by atoms with Crippen LogP contribution in [0, 0.1) is 24.1 Å². The van der Waals surface area contributed by atoms with Gasteiger partial charge in [-0.2, -0.15) is 5.26 Å². The molecule has 23 heavy (non-hydrogen) atoms. The van der Waals surface area contributed by atoms with Crippen LogP contribution in [-0.2, 0) is 0 Å². The van der Waals surface area contributed by atoms with E-state index < -0.39 is 5.82 Å². The summed E-state index contributed by atoms with van der Waals surface area (Å²) in [6, 6.07) is 4.40. The summed E-state index contributed by atoms with van der Waals surface area (Å²) in [4.78, 5) is 6.87. The number of hydrogen-bond acceptors (Lipinski definition) is 4. The SMILES string of the molecule is CN[C@@H]1CCN(c2nc3c(C#N)c(F)c(C)cc3n2C(C)C)C1. The molecule has 1 aliphatic heterocycles. The van der Waals surface area contributed by atoms with Crippen molar-refractivity contribution in [2.24, 2.45) is 0 Å². The second-order valence-corrected chi connectivity index (χ2v) is 6.46. The minimum absolute atomic E-state index is 0.0463. The summed E-state index contributed by atoms with van der Waals surface area (Å²) >= 11 is 0. The number of aromatic nitrogens is 2. The maximum Gasteiger partial charge on any atom is 0.206 e. The van der Waals surface area contributed by atoms with Crippen molar-refractivity contribution in [2.45, 2.75) is 39.3 Å². The number of aryl methyl sites for hydroxylation is 1. The fourth-order valence-corrected chi connectivity index (χ4v) is 3.34. The Morgan fingerprint density at radius 3 is 2.78 bits per heavy atom. The first-order chi connectivity index (χ1) is 11.0. The highest BCUT2D eigenvalue weighted by molar-refractivity contribution is 5.85. The normalized spacial score (nSPS) is 18.1. The molecule has 1 aliphatic rings. The van der Waals surface area contributed by atoms with E-state index in [2.05, 4.69) is 33.6 Å². The Kier molecular flexibility index (Phi) is 3.99. The fraction of sp³-hybridized carbons (Fsp3) is 0.529. The Balaban J connectivity index is 2.23. The van der Waals surface area contributed by atoms with Crippen molar-refractivity contribution in [1.29, 1.82) is 5.26 Å².